The molecule has 2 aromatic rings. The molecule has 2 rings (SSSR count). The third-order valence-corrected chi connectivity index (χ3v) is 2.14. The van der Waals surface area contributed by atoms with E-state index in [1.807, 2.05) is 6.07 Å². The number of pyridine rings is 1. The van der Waals surface area contributed by atoms with Crippen LogP contribution < -0.4 is 4.74 Å². The van der Waals surface area contributed by atoms with Crippen LogP contribution in [0.25, 0.3) is 11.2 Å². The lowest BCUT2D eigenvalue weighted by atomic mass is 10.2. The molecular formula is C10H13N3O. The van der Waals surface area contributed by atoms with Crippen molar-refractivity contribution in [3.8, 4) is 5.75 Å². The van der Waals surface area contributed by atoms with Crippen LogP contribution in [0.4, 0.5) is 0 Å². The molecule has 4 heteroatoms. The van der Waals surface area contributed by atoms with Crippen molar-refractivity contribution in [3.05, 3.63) is 18.1 Å². The van der Waals surface area contributed by atoms with E-state index < -0.39 is 0 Å². The minimum absolute atomic E-state index is 0.369. The van der Waals surface area contributed by atoms with Crippen molar-refractivity contribution in [2.24, 2.45) is 0 Å². The smallest absolute Gasteiger partial charge is 0.181 e. The Kier molecular flexibility index (Phi) is 2.11. The lowest BCUT2D eigenvalue weighted by molar-refractivity contribution is 0.418. The van der Waals surface area contributed by atoms with E-state index in [4.69, 9.17) is 4.74 Å². The van der Waals surface area contributed by atoms with Gasteiger partial charge in [0.15, 0.2) is 5.65 Å². The molecule has 74 valence electrons. The van der Waals surface area contributed by atoms with Crippen molar-refractivity contribution in [1.82, 2.24) is 15.0 Å². The molecule has 0 aromatic carbocycles. The second-order valence-electron chi connectivity index (χ2n) is 3.49. The Morgan fingerprint density at radius 2 is 2.21 bits per heavy atom. The number of hydrogen-bond acceptors (Lipinski definition) is 3. The molecule has 0 aliphatic heterocycles. The van der Waals surface area contributed by atoms with Crippen LogP contribution in [0.2, 0.25) is 0 Å². The Morgan fingerprint density at radius 1 is 1.43 bits per heavy atom. The first-order valence-electron chi connectivity index (χ1n) is 4.61. The van der Waals surface area contributed by atoms with Crippen LogP contribution in [0.15, 0.2) is 12.3 Å². The van der Waals surface area contributed by atoms with Crippen molar-refractivity contribution in [2.75, 3.05) is 7.11 Å². The van der Waals surface area contributed by atoms with Crippen LogP contribution in [0, 0.1) is 0 Å². The first-order valence-corrected chi connectivity index (χ1v) is 4.61. The average molecular weight is 191 g/mol. The molecule has 2 heterocycles. The molecule has 14 heavy (non-hydrogen) atoms. The summed E-state index contributed by atoms with van der Waals surface area (Å²) in [4.78, 5) is 11.8. The second-order valence-corrected chi connectivity index (χ2v) is 3.49. The lowest BCUT2D eigenvalue weighted by Gasteiger charge is -1.98. The molecule has 0 bridgehead atoms. The molecule has 0 saturated carbocycles. The monoisotopic (exact) mass is 191 g/mol. The number of nitrogens with one attached hydrogen (secondary N) is 1. The van der Waals surface area contributed by atoms with Crippen LogP contribution in [0.3, 0.4) is 0 Å². The average Bonchev–Trinajstić information content (AvgIpc) is 2.60. The van der Waals surface area contributed by atoms with E-state index in [0.29, 0.717) is 11.6 Å². The van der Waals surface area contributed by atoms with E-state index in [1.165, 1.54) is 0 Å². The van der Waals surface area contributed by atoms with Crippen LogP contribution in [0.5, 0.6) is 5.75 Å². The first kappa shape index (κ1) is 8.99. The summed E-state index contributed by atoms with van der Waals surface area (Å²) in [5.41, 5.74) is 1.59. The molecule has 0 aliphatic carbocycles. The summed E-state index contributed by atoms with van der Waals surface area (Å²) in [6, 6.07) is 1.82. The fourth-order valence-electron chi connectivity index (χ4n) is 1.35. The fraction of sp³-hybridized carbons (Fsp3) is 0.400. The minimum atomic E-state index is 0.369. The molecule has 0 amide bonds. The van der Waals surface area contributed by atoms with Gasteiger partial charge in [0.1, 0.15) is 17.1 Å². The zero-order chi connectivity index (χ0) is 10.1. The van der Waals surface area contributed by atoms with Gasteiger partial charge in [0, 0.05) is 18.2 Å². The maximum Gasteiger partial charge on any atom is 0.181 e. The molecule has 0 saturated heterocycles. The molecule has 2 aromatic heterocycles. The predicted octanol–water partition coefficient (Wildman–Crippen LogP) is 2.09. The van der Waals surface area contributed by atoms with Crippen molar-refractivity contribution in [1.29, 1.82) is 0 Å². The van der Waals surface area contributed by atoms with Crippen molar-refractivity contribution >= 4 is 11.2 Å². The number of aromatic amines is 1. The molecule has 0 unspecified atom stereocenters. The highest BCUT2D eigenvalue weighted by atomic mass is 16.5. The predicted molar refractivity (Wildman–Crippen MR) is 54.5 cm³/mol. The zero-order valence-electron chi connectivity index (χ0n) is 8.53. The molecule has 4 nitrogen and oxygen atoms in total. The van der Waals surface area contributed by atoms with Gasteiger partial charge in [-0.05, 0) is 0 Å². The third kappa shape index (κ3) is 1.32. The van der Waals surface area contributed by atoms with E-state index >= 15 is 0 Å². The number of fused-ring (bicyclic) bond motifs is 1. The Bertz CT molecular complexity index is 448. The lowest BCUT2D eigenvalue weighted by Crippen LogP contribution is -1.88. The summed E-state index contributed by atoms with van der Waals surface area (Å²) in [7, 11) is 1.64. The van der Waals surface area contributed by atoms with Gasteiger partial charge in [-0.25, -0.2) is 9.97 Å². The molecule has 0 fully saturated rings. The standard InChI is InChI=1S/C10H13N3O/c1-6(2)9-12-8-7(14-3)4-5-11-10(8)13-9/h4-6H,1-3H3,(H,11,12,13). The summed E-state index contributed by atoms with van der Waals surface area (Å²) in [5, 5.41) is 0. The highest BCUT2D eigenvalue weighted by Gasteiger charge is 2.10. The summed E-state index contributed by atoms with van der Waals surface area (Å²) < 4.78 is 5.21. The van der Waals surface area contributed by atoms with Gasteiger partial charge < -0.3 is 9.72 Å². The number of H-pyrrole nitrogens is 1. The Labute approximate surface area is 82.3 Å². The second kappa shape index (κ2) is 3.29. The van der Waals surface area contributed by atoms with Crippen molar-refractivity contribution in [2.45, 2.75) is 19.8 Å². The topological polar surface area (TPSA) is 50.8 Å². The summed E-state index contributed by atoms with van der Waals surface area (Å²) in [5.74, 6) is 2.10. The molecule has 0 radical (unpaired) electrons. The van der Waals surface area contributed by atoms with E-state index in [9.17, 15) is 0 Å². The van der Waals surface area contributed by atoms with Crippen molar-refractivity contribution in [3.63, 3.8) is 0 Å². The van der Waals surface area contributed by atoms with Crippen molar-refractivity contribution < 1.29 is 4.74 Å². The van der Waals surface area contributed by atoms with Gasteiger partial charge >= 0.3 is 0 Å². The van der Waals surface area contributed by atoms with E-state index in [1.54, 1.807) is 13.3 Å². The van der Waals surface area contributed by atoms with Gasteiger partial charge in [-0.15, -0.1) is 0 Å². The molecule has 0 atom stereocenters. The normalized spacial score (nSPS) is 11.1. The fourth-order valence-corrected chi connectivity index (χ4v) is 1.35. The molecule has 1 N–H and O–H groups in total. The minimum Gasteiger partial charge on any atom is -0.494 e. The van der Waals surface area contributed by atoms with Crippen LogP contribution in [0.1, 0.15) is 25.6 Å². The quantitative estimate of drug-likeness (QED) is 0.790. The third-order valence-electron chi connectivity index (χ3n) is 2.14. The van der Waals surface area contributed by atoms with Gasteiger partial charge in [-0.2, -0.15) is 0 Å². The molecule has 0 aliphatic rings. The van der Waals surface area contributed by atoms with Crippen LogP contribution >= 0.6 is 0 Å². The highest BCUT2D eigenvalue weighted by molar-refractivity contribution is 5.77. The largest absolute Gasteiger partial charge is 0.494 e. The van der Waals surface area contributed by atoms with E-state index in [0.717, 1.165) is 17.1 Å². The highest BCUT2D eigenvalue weighted by Crippen LogP contribution is 2.23. The Morgan fingerprint density at radius 3 is 2.86 bits per heavy atom. The Hall–Kier alpha value is -1.58. The first-order chi connectivity index (χ1) is 6.72. The maximum absolute atomic E-state index is 5.21. The summed E-state index contributed by atoms with van der Waals surface area (Å²) >= 11 is 0. The number of nitrogens with zero attached hydrogens (tertiary/aromatic N) is 2. The van der Waals surface area contributed by atoms with Gasteiger partial charge in [0.2, 0.25) is 0 Å². The zero-order valence-corrected chi connectivity index (χ0v) is 8.53. The van der Waals surface area contributed by atoms with E-state index in [2.05, 4.69) is 28.8 Å². The number of methoxy groups -OCH3 is 1. The van der Waals surface area contributed by atoms with Gasteiger partial charge in [-0.3, -0.25) is 0 Å². The molecular weight excluding hydrogens is 178 g/mol. The van der Waals surface area contributed by atoms with Gasteiger partial charge in [0.25, 0.3) is 0 Å². The number of rotatable bonds is 2. The number of hydrogen-bond donors (Lipinski definition) is 1. The summed E-state index contributed by atoms with van der Waals surface area (Å²) in [6.45, 7) is 4.17. The summed E-state index contributed by atoms with van der Waals surface area (Å²) in [6.07, 6.45) is 1.70. The maximum atomic E-state index is 5.21. The number of imidazole rings is 1. The number of ether oxygens (including phenoxy) is 1. The SMILES string of the molecule is COc1ccnc2nc(C(C)C)[nH]c12. The van der Waals surface area contributed by atoms with E-state index in [-0.39, 0.29) is 0 Å². The van der Waals surface area contributed by atoms with Crippen LogP contribution in [-0.4, -0.2) is 22.1 Å². The van der Waals surface area contributed by atoms with Gasteiger partial charge in [0.05, 0.1) is 7.11 Å². The Balaban J connectivity index is 2.64. The van der Waals surface area contributed by atoms with Gasteiger partial charge in [-0.1, -0.05) is 13.8 Å². The number of aromatic nitrogens is 3. The molecule has 0 spiro atoms. The van der Waals surface area contributed by atoms with Crippen LogP contribution in [-0.2, 0) is 0 Å².